The fourth-order valence-corrected chi connectivity index (χ4v) is 2.43. The van der Waals surface area contributed by atoms with Crippen molar-refractivity contribution in [2.45, 2.75) is 6.54 Å². The second kappa shape index (κ2) is 7.14. The van der Waals surface area contributed by atoms with Gasteiger partial charge >= 0.3 is 0 Å². The highest BCUT2D eigenvalue weighted by Crippen LogP contribution is 2.22. The number of H-pyrrole nitrogens is 1. The molecule has 0 radical (unpaired) electrons. The molecule has 2 heterocycles. The number of anilines is 1. The lowest BCUT2D eigenvalue weighted by molar-refractivity contribution is -0.116. The van der Waals surface area contributed by atoms with Crippen LogP contribution in [0.3, 0.4) is 0 Å². The Labute approximate surface area is 148 Å². The minimum atomic E-state index is -0.388. The number of aromatic amines is 1. The second-order valence-electron chi connectivity index (χ2n) is 5.09. The number of carbonyl (C=O) groups is 1. The first kappa shape index (κ1) is 16.7. The van der Waals surface area contributed by atoms with E-state index in [1.807, 2.05) is 12.1 Å². The molecule has 0 saturated carbocycles. The molecule has 0 aliphatic heterocycles. The Morgan fingerprint density at radius 2 is 2.12 bits per heavy atom. The molecular weight excluding hydrogens is 342 g/mol. The van der Waals surface area contributed by atoms with Crippen LogP contribution in [-0.2, 0) is 11.3 Å². The molecule has 0 spiro atoms. The zero-order chi connectivity index (χ0) is 17.8. The number of hydrogen-bond acceptors (Lipinski definition) is 6. The van der Waals surface area contributed by atoms with Crippen molar-refractivity contribution in [3.05, 3.63) is 47.4 Å². The van der Waals surface area contributed by atoms with Crippen molar-refractivity contribution in [2.75, 3.05) is 12.4 Å². The summed E-state index contributed by atoms with van der Waals surface area (Å²) in [5.41, 5.74) is 0.779. The van der Waals surface area contributed by atoms with E-state index < -0.39 is 0 Å². The summed E-state index contributed by atoms with van der Waals surface area (Å²) in [7, 11) is 1.59. The molecule has 0 saturated heterocycles. The molecule has 0 atom stereocenters. The highest BCUT2D eigenvalue weighted by atomic mass is 32.1. The first-order valence-electron chi connectivity index (χ1n) is 7.32. The van der Waals surface area contributed by atoms with Crippen LogP contribution in [0.2, 0.25) is 0 Å². The minimum absolute atomic E-state index is 0.0767. The van der Waals surface area contributed by atoms with Gasteiger partial charge in [0.1, 0.15) is 12.3 Å². The molecule has 3 rings (SSSR count). The van der Waals surface area contributed by atoms with Crippen molar-refractivity contribution < 1.29 is 14.6 Å². The normalized spacial score (nSPS) is 10.4. The van der Waals surface area contributed by atoms with Crippen LogP contribution in [0.15, 0.2) is 42.6 Å². The highest BCUT2D eigenvalue weighted by molar-refractivity contribution is 7.71. The second-order valence-corrected chi connectivity index (χ2v) is 5.47. The van der Waals surface area contributed by atoms with E-state index in [9.17, 15) is 9.90 Å². The Balaban J connectivity index is 1.83. The molecule has 0 aliphatic carbocycles. The Morgan fingerprint density at radius 1 is 1.36 bits per heavy atom. The number of rotatable bonds is 5. The van der Waals surface area contributed by atoms with Gasteiger partial charge in [-0.2, -0.15) is 5.10 Å². The van der Waals surface area contributed by atoms with E-state index >= 15 is 0 Å². The molecule has 0 bridgehead atoms. The summed E-state index contributed by atoms with van der Waals surface area (Å²) < 4.78 is 7.01. The van der Waals surface area contributed by atoms with Gasteiger partial charge in [0.25, 0.3) is 0 Å². The van der Waals surface area contributed by atoms with E-state index in [4.69, 9.17) is 17.0 Å². The summed E-state index contributed by atoms with van der Waals surface area (Å²) in [6.07, 6.45) is 1.47. The number of hydrogen-bond donors (Lipinski definition) is 3. The lowest BCUT2D eigenvalue weighted by atomic mass is 10.2. The maximum atomic E-state index is 12.3. The molecule has 1 amide bonds. The zero-order valence-corrected chi connectivity index (χ0v) is 14.1. The quantitative estimate of drug-likeness (QED) is 0.606. The summed E-state index contributed by atoms with van der Waals surface area (Å²) in [6.45, 7) is -0.0767. The van der Waals surface area contributed by atoms with Crippen LogP contribution >= 0.6 is 12.2 Å². The van der Waals surface area contributed by atoms with Crippen molar-refractivity contribution in [1.29, 1.82) is 0 Å². The molecule has 0 fully saturated rings. The van der Waals surface area contributed by atoms with Crippen LogP contribution < -0.4 is 10.1 Å². The standard InChI is InChI=1S/C16H15N5O3S/c1-24-11-6-4-10(5-7-11)15-19-20-16(25)21(15)9-13(23)18-14-12(22)3-2-8-17-14/h2-8,22H,9H2,1H3,(H,20,25)(H,17,18,23). The van der Waals surface area contributed by atoms with Gasteiger partial charge in [-0.15, -0.1) is 0 Å². The van der Waals surface area contributed by atoms with Crippen molar-refractivity contribution in [1.82, 2.24) is 19.7 Å². The minimum Gasteiger partial charge on any atom is -0.504 e. The third-order valence-corrected chi connectivity index (χ3v) is 3.76. The number of aromatic hydroxyl groups is 1. The Bertz CT molecular complexity index is 949. The number of nitrogens with zero attached hydrogens (tertiary/aromatic N) is 3. The molecule has 128 valence electrons. The average Bonchev–Trinajstić information content (AvgIpc) is 2.98. The third kappa shape index (κ3) is 3.66. The summed E-state index contributed by atoms with van der Waals surface area (Å²) >= 11 is 5.21. The first-order chi connectivity index (χ1) is 12.1. The van der Waals surface area contributed by atoms with Gasteiger partial charge in [-0.3, -0.25) is 14.5 Å². The summed E-state index contributed by atoms with van der Waals surface area (Å²) in [6, 6.07) is 10.2. The highest BCUT2D eigenvalue weighted by Gasteiger charge is 2.14. The fraction of sp³-hybridized carbons (Fsp3) is 0.125. The number of methoxy groups -OCH3 is 1. The van der Waals surface area contributed by atoms with Crippen molar-refractivity contribution in [3.8, 4) is 22.9 Å². The van der Waals surface area contributed by atoms with E-state index in [0.717, 1.165) is 5.56 Å². The van der Waals surface area contributed by atoms with Gasteiger partial charge < -0.3 is 15.2 Å². The van der Waals surface area contributed by atoms with Gasteiger partial charge in [-0.05, 0) is 48.6 Å². The lowest BCUT2D eigenvalue weighted by Gasteiger charge is -2.09. The van der Waals surface area contributed by atoms with Gasteiger partial charge in [0, 0.05) is 11.8 Å². The number of aromatic nitrogens is 4. The molecule has 0 unspecified atom stereocenters. The van der Waals surface area contributed by atoms with Gasteiger partial charge in [0.15, 0.2) is 22.2 Å². The predicted molar refractivity (Wildman–Crippen MR) is 93.9 cm³/mol. The summed E-state index contributed by atoms with van der Waals surface area (Å²) in [5, 5.41) is 19.1. The maximum Gasteiger partial charge on any atom is 0.245 e. The maximum absolute atomic E-state index is 12.3. The molecule has 25 heavy (non-hydrogen) atoms. The van der Waals surface area contributed by atoms with Crippen molar-refractivity contribution >= 4 is 23.9 Å². The SMILES string of the molecule is COc1ccc(-c2n[nH]c(=S)n2CC(=O)Nc2ncccc2O)cc1. The van der Waals surface area contributed by atoms with Crippen LogP contribution in [0.1, 0.15) is 0 Å². The monoisotopic (exact) mass is 357 g/mol. The van der Waals surface area contributed by atoms with Crippen molar-refractivity contribution in [3.63, 3.8) is 0 Å². The van der Waals surface area contributed by atoms with Gasteiger partial charge in [0.2, 0.25) is 5.91 Å². The molecule has 2 aromatic heterocycles. The summed E-state index contributed by atoms with van der Waals surface area (Å²) in [4.78, 5) is 16.2. The summed E-state index contributed by atoms with van der Waals surface area (Å²) in [5.74, 6) is 0.831. The molecular formula is C16H15N5O3S. The number of ether oxygens (including phenoxy) is 1. The van der Waals surface area contributed by atoms with Crippen LogP contribution in [0.25, 0.3) is 11.4 Å². The molecule has 0 aliphatic rings. The smallest absolute Gasteiger partial charge is 0.245 e. The van der Waals surface area contributed by atoms with E-state index in [-0.39, 0.29) is 24.0 Å². The molecule has 3 N–H and O–H groups in total. The molecule has 8 nitrogen and oxygen atoms in total. The number of nitrogens with one attached hydrogen (secondary N) is 2. The van der Waals surface area contributed by atoms with Crippen LogP contribution in [-0.4, -0.2) is 37.9 Å². The van der Waals surface area contributed by atoms with Crippen molar-refractivity contribution in [2.24, 2.45) is 0 Å². The predicted octanol–water partition coefficient (Wildman–Crippen LogP) is 2.36. The number of pyridine rings is 1. The van der Waals surface area contributed by atoms with E-state index in [1.54, 1.807) is 29.9 Å². The van der Waals surface area contributed by atoms with Gasteiger partial charge in [0.05, 0.1) is 7.11 Å². The van der Waals surface area contributed by atoms with Gasteiger partial charge in [-0.1, -0.05) is 0 Å². The Kier molecular flexibility index (Phi) is 4.75. The van der Waals surface area contributed by atoms with Crippen LogP contribution in [0.5, 0.6) is 11.5 Å². The first-order valence-corrected chi connectivity index (χ1v) is 7.73. The van der Waals surface area contributed by atoms with Crippen LogP contribution in [0, 0.1) is 4.77 Å². The van der Waals surface area contributed by atoms with Crippen LogP contribution in [0.4, 0.5) is 5.82 Å². The van der Waals surface area contributed by atoms with E-state index in [2.05, 4.69) is 20.5 Å². The van der Waals surface area contributed by atoms with E-state index in [1.165, 1.54) is 12.3 Å². The fourth-order valence-electron chi connectivity index (χ4n) is 2.23. The third-order valence-electron chi connectivity index (χ3n) is 3.45. The Morgan fingerprint density at radius 3 is 2.80 bits per heavy atom. The number of carbonyl (C=O) groups excluding carboxylic acids is 1. The molecule has 3 aromatic rings. The average molecular weight is 357 g/mol. The largest absolute Gasteiger partial charge is 0.504 e. The zero-order valence-electron chi connectivity index (χ0n) is 13.3. The molecule has 9 heteroatoms. The van der Waals surface area contributed by atoms with E-state index in [0.29, 0.717) is 16.3 Å². The topological polar surface area (TPSA) is 105 Å². The number of amides is 1. The lowest BCUT2D eigenvalue weighted by Crippen LogP contribution is -2.20. The van der Waals surface area contributed by atoms with Gasteiger partial charge in [-0.25, -0.2) is 4.98 Å². The molecule has 1 aromatic carbocycles. The number of benzene rings is 1. The Hall–Kier alpha value is -3.20.